The molecular formula is C16H15F3N2O3. The molecule has 1 aromatic heterocycles. The van der Waals surface area contributed by atoms with Crippen molar-refractivity contribution in [1.82, 2.24) is 10.3 Å². The molecule has 1 heterocycles. The summed E-state index contributed by atoms with van der Waals surface area (Å²) in [6.07, 6.45) is -3.19. The number of benzene rings is 1. The largest absolute Gasteiger partial charge is 0.491 e. The summed E-state index contributed by atoms with van der Waals surface area (Å²) in [5.74, 6) is -0.816. The SMILES string of the molecule is CC(COc1ccccc1C(F)(F)F)NC(=O)c1cc[nH]c(=O)c1. The zero-order valence-electron chi connectivity index (χ0n) is 12.7. The molecule has 0 aliphatic heterocycles. The fourth-order valence-corrected chi connectivity index (χ4v) is 1.98. The van der Waals surface area contributed by atoms with Crippen molar-refractivity contribution < 1.29 is 22.7 Å². The predicted octanol–water partition coefficient (Wildman–Crippen LogP) is 2.59. The standard InChI is InChI=1S/C16H15F3N2O3/c1-10(21-15(23)11-6-7-20-14(22)8-11)9-24-13-5-3-2-4-12(13)16(17,18)19/h2-8,10H,9H2,1H3,(H,20,22)(H,21,23). The van der Waals surface area contributed by atoms with Gasteiger partial charge >= 0.3 is 6.18 Å². The van der Waals surface area contributed by atoms with Crippen LogP contribution < -0.4 is 15.6 Å². The Bertz CT molecular complexity index is 771. The first-order valence-electron chi connectivity index (χ1n) is 7.06. The van der Waals surface area contributed by atoms with E-state index in [-0.39, 0.29) is 17.9 Å². The summed E-state index contributed by atoms with van der Waals surface area (Å²) in [4.78, 5) is 25.5. The molecule has 1 atom stereocenters. The monoisotopic (exact) mass is 340 g/mol. The van der Waals surface area contributed by atoms with Crippen LogP contribution in [0.25, 0.3) is 0 Å². The number of halogens is 3. The van der Waals surface area contributed by atoms with Gasteiger partial charge in [-0.1, -0.05) is 12.1 Å². The molecule has 0 saturated carbocycles. The summed E-state index contributed by atoms with van der Waals surface area (Å²) in [6.45, 7) is 1.43. The summed E-state index contributed by atoms with van der Waals surface area (Å²) < 4.78 is 43.8. The number of aromatic amines is 1. The maximum Gasteiger partial charge on any atom is 0.419 e. The second-order valence-corrected chi connectivity index (χ2v) is 5.12. The van der Waals surface area contributed by atoms with Gasteiger partial charge in [-0.25, -0.2) is 0 Å². The van der Waals surface area contributed by atoms with Crippen LogP contribution in [0.5, 0.6) is 5.75 Å². The number of hydrogen-bond donors (Lipinski definition) is 2. The van der Waals surface area contributed by atoms with E-state index in [1.807, 2.05) is 0 Å². The fraction of sp³-hybridized carbons (Fsp3) is 0.250. The van der Waals surface area contributed by atoms with Crippen LogP contribution in [0.3, 0.4) is 0 Å². The van der Waals surface area contributed by atoms with Crippen LogP contribution in [0.4, 0.5) is 13.2 Å². The number of carbonyl (C=O) groups excluding carboxylic acids is 1. The minimum absolute atomic E-state index is 0.151. The van der Waals surface area contributed by atoms with Crippen molar-refractivity contribution in [3.63, 3.8) is 0 Å². The molecule has 0 aliphatic rings. The average Bonchev–Trinajstić information content (AvgIpc) is 2.52. The molecule has 24 heavy (non-hydrogen) atoms. The van der Waals surface area contributed by atoms with Crippen molar-refractivity contribution in [3.8, 4) is 5.75 Å². The van der Waals surface area contributed by atoms with E-state index < -0.39 is 29.2 Å². The lowest BCUT2D eigenvalue weighted by Crippen LogP contribution is -2.37. The van der Waals surface area contributed by atoms with Gasteiger partial charge in [0.05, 0.1) is 11.6 Å². The summed E-state index contributed by atoms with van der Waals surface area (Å²) in [6, 6.07) is 6.84. The molecule has 128 valence electrons. The van der Waals surface area contributed by atoms with Gasteiger partial charge in [0.25, 0.3) is 5.91 Å². The van der Waals surface area contributed by atoms with Gasteiger partial charge in [-0.3, -0.25) is 9.59 Å². The molecule has 0 aliphatic carbocycles. The molecule has 0 bridgehead atoms. The zero-order valence-corrected chi connectivity index (χ0v) is 12.7. The van der Waals surface area contributed by atoms with Crippen molar-refractivity contribution in [2.45, 2.75) is 19.1 Å². The fourth-order valence-electron chi connectivity index (χ4n) is 1.98. The number of amides is 1. The Balaban J connectivity index is 1.98. The Morgan fingerprint density at radius 3 is 2.67 bits per heavy atom. The number of rotatable bonds is 5. The van der Waals surface area contributed by atoms with E-state index in [0.717, 1.165) is 12.1 Å². The first-order chi connectivity index (χ1) is 11.3. The van der Waals surface area contributed by atoms with Crippen LogP contribution >= 0.6 is 0 Å². The summed E-state index contributed by atoms with van der Waals surface area (Å²) in [5, 5.41) is 2.55. The first-order valence-corrected chi connectivity index (χ1v) is 7.06. The molecule has 8 heteroatoms. The number of aromatic nitrogens is 1. The number of para-hydroxylation sites is 1. The van der Waals surface area contributed by atoms with E-state index in [9.17, 15) is 22.8 Å². The minimum atomic E-state index is -4.52. The highest BCUT2D eigenvalue weighted by Crippen LogP contribution is 2.35. The van der Waals surface area contributed by atoms with Crippen LogP contribution in [0.2, 0.25) is 0 Å². The Kier molecular flexibility index (Phi) is 5.28. The van der Waals surface area contributed by atoms with Gasteiger partial charge in [0.2, 0.25) is 5.56 Å². The zero-order chi connectivity index (χ0) is 17.7. The highest BCUT2D eigenvalue weighted by Gasteiger charge is 2.34. The Morgan fingerprint density at radius 1 is 1.29 bits per heavy atom. The third-order valence-corrected chi connectivity index (χ3v) is 3.10. The lowest BCUT2D eigenvalue weighted by atomic mass is 10.2. The van der Waals surface area contributed by atoms with Crippen LogP contribution in [-0.4, -0.2) is 23.5 Å². The van der Waals surface area contributed by atoms with Crippen molar-refractivity contribution in [2.75, 3.05) is 6.61 Å². The van der Waals surface area contributed by atoms with Crippen molar-refractivity contribution >= 4 is 5.91 Å². The maximum atomic E-state index is 12.9. The maximum absolute atomic E-state index is 12.9. The number of carbonyl (C=O) groups is 1. The number of ether oxygens (including phenoxy) is 1. The summed E-state index contributed by atoms with van der Waals surface area (Å²) >= 11 is 0. The van der Waals surface area contributed by atoms with E-state index in [1.54, 1.807) is 6.92 Å². The average molecular weight is 340 g/mol. The summed E-state index contributed by atoms with van der Waals surface area (Å²) in [5.41, 5.74) is -1.15. The first kappa shape index (κ1) is 17.6. The van der Waals surface area contributed by atoms with Gasteiger partial charge in [0.15, 0.2) is 0 Å². The quantitative estimate of drug-likeness (QED) is 0.879. The van der Waals surface area contributed by atoms with Gasteiger partial charge in [0, 0.05) is 17.8 Å². The van der Waals surface area contributed by atoms with E-state index in [1.165, 1.54) is 30.5 Å². The Morgan fingerprint density at radius 2 is 2.00 bits per heavy atom. The number of hydrogen-bond acceptors (Lipinski definition) is 3. The molecule has 0 saturated heterocycles. The molecule has 5 nitrogen and oxygen atoms in total. The van der Waals surface area contributed by atoms with Crippen LogP contribution in [0.1, 0.15) is 22.8 Å². The lowest BCUT2D eigenvalue weighted by Gasteiger charge is -2.17. The van der Waals surface area contributed by atoms with E-state index >= 15 is 0 Å². The molecule has 0 radical (unpaired) electrons. The molecule has 1 aromatic carbocycles. The second-order valence-electron chi connectivity index (χ2n) is 5.12. The predicted molar refractivity (Wildman–Crippen MR) is 80.9 cm³/mol. The van der Waals surface area contributed by atoms with Crippen molar-refractivity contribution in [3.05, 3.63) is 64.1 Å². The molecule has 1 amide bonds. The number of H-pyrrole nitrogens is 1. The smallest absolute Gasteiger partial charge is 0.419 e. The van der Waals surface area contributed by atoms with Crippen LogP contribution in [0.15, 0.2) is 47.4 Å². The second kappa shape index (κ2) is 7.20. The van der Waals surface area contributed by atoms with Gasteiger partial charge < -0.3 is 15.0 Å². The van der Waals surface area contributed by atoms with E-state index in [4.69, 9.17) is 4.74 Å². The highest BCUT2D eigenvalue weighted by molar-refractivity contribution is 5.94. The molecule has 2 rings (SSSR count). The van der Waals surface area contributed by atoms with Crippen molar-refractivity contribution in [2.24, 2.45) is 0 Å². The molecule has 2 aromatic rings. The molecular weight excluding hydrogens is 325 g/mol. The third-order valence-electron chi connectivity index (χ3n) is 3.10. The van der Waals surface area contributed by atoms with E-state index in [2.05, 4.69) is 10.3 Å². The minimum Gasteiger partial charge on any atom is -0.491 e. The third kappa shape index (κ3) is 4.61. The Hall–Kier alpha value is -2.77. The van der Waals surface area contributed by atoms with E-state index in [0.29, 0.717) is 0 Å². The highest BCUT2D eigenvalue weighted by atomic mass is 19.4. The summed E-state index contributed by atoms with van der Waals surface area (Å²) in [7, 11) is 0. The normalized spacial score (nSPS) is 12.5. The topological polar surface area (TPSA) is 71.2 Å². The molecule has 0 fully saturated rings. The van der Waals surface area contributed by atoms with Crippen molar-refractivity contribution in [1.29, 1.82) is 0 Å². The van der Waals surface area contributed by atoms with Gasteiger partial charge in [0.1, 0.15) is 12.4 Å². The van der Waals surface area contributed by atoms with Crippen LogP contribution in [0, 0.1) is 0 Å². The molecule has 1 unspecified atom stereocenters. The molecule has 2 N–H and O–H groups in total. The van der Waals surface area contributed by atoms with Gasteiger partial charge in [-0.15, -0.1) is 0 Å². The number of pyridine rings is 1. The number of alkyl halides is 3. The number of nitrogens with one attached hydrogen (secondary N) is 2. The van der Waals surface area contributed by atoms with Crippen LogP contribution in [-0.2, 0) is 6.18 Å². The molecule has 0 spiro atoms. The Labute approximate surface area is 135 Å². The van der Waals surface area contributed by atoms with Gasteiger partial charge in [-0.2, -0.15) is 13.2 Å². The van der Waals surface area contributed by atoms with Gasteiger partial charge in [-0.05, 0) is 25.1 Å². The lowest BCUT2D eigenvalue weighted by molar-refractivity contribution is -0.139.